The fourth-order valence-electron chi connectivity index (χ4n) is 4.00. The van der Waals surface area contributed by atoms with Gasteiger partial charge >= 0.3 is 0 Å². The maximum absolute atomic E-state index is 13.4. The molecule has 1 aromatic carbocycles. The second kappa shape index (κ2) is 11.1. The van der Waals surface area contributed by atoms with Gasteiger partial charge in [0.1, 0.15) is 12.4 Å². The highest BCUT2D eigenvalue weighted by molar-refractivity contribution is 5.98. The van der Waals surface area contributed by atoms with Crippen molar-refractivity contribution in [1.29, 1.82) is 0 Å². The molecule has 0 saturated heterocycles. The summed E-state index contributed by atoms with van der Waals surface area (Å²) in [7, 11) is 3.32. The largest absolute Gasteiger partial charge is 0.491 e. The predicted molar refractivity (Wildman–Crippen MR) is 128 cm³/mol. The molecule has 3 amide bonds. The van der Waals surface area contributed by atoms with Gasteiger partial charge in [-0.2, -0.15) is 0 Å². The zero-order chi connectivity index (χ0) is 24.8. The summed E-state index contributed by atoms with van der Waals surface area (Å²) in [5, 5.41) is 2.71. The summed E-state index contributed by atoms with van der Waals surface area (Å²) in [5.74, 6) is -0.273. The molecule has 1 N–H and O–H groups in total. The van der Waals surface area contributed by atoms with Crippen LogP contribution in [0.5, 0.6) is 5.75 Å². The molecule has 34 heavy (non-hydrogen) atoms. The zero-order valence-corrected chi connectivity index (χ0v) is 20.3. The number of aromatic nitrogens is 1. The highest BCUT2D eigenvalue weighted by Gasteiger charge is 2.30. The van der Waals surface area contributed by atoms with Gasteiger partial charge in [-0.1, -0.05) is 6.92 Å². The van der Waals surface area contributed by atoms with Gasteiger partial charge in [0, 0.05) is 69.8 Å². The molecule has 3 atom stereocenters. The molecule has 182 valence electrons. The quantitative estimate of drug-likeness (QED) is 0.743. The SMILES string of the molecule is CO[C@@H]1CN(C)C(=O)c2ccc(NC(C)=O)cc2OC[C@@H](C)N(C(=O)c2ccncc2)C[C@@H]1C. The molecule has 0 spiro atoms. The third kappa shape index (κ3) is 5.91. The molecular formula is C25H32N4O5. The van der Waals surface area contributed by atoms with Gasteiger partial charge in [0.05, 0.1) is 17.7 Å². The van der Waals surface area contributed by atoms with Crippen LogP contribution in [0.2, 0.25) is 0 Å². The third-order valence-electron chi connectivity index (χ3n) is 5.96. The molecule has 1 aromatic heterocycles. The minimum atomic E-state index is -0.301. The summed E-state index contributed by atoms with van der Waals surface area (Å²) >= 11 is 0. The Morgan fingerprint density at radius 1 is 1.15 bits per heavy atom. The van der Waals surface area contributed by atoms with Gasteiger partial charge in [0.25, 0.3) is 11.8 Å². The van der Waals surface area contributed by atoms with E-state index in [1.54, 1.807) is 66.7 Å². The van der Waals surface area contributed by atoms with Gasteiger partial charge in [-0.05, 0) is 31.2 Å². The number of nitrogens with one attached hydrogen (secondary N) is 1. The lowest BCUT2D eigenvalue weighted by Crippen LogP contribution is -2.48. The summed E-state index contributed by atoms with van der Waals surface area (Å²) in [5.41, 5.74) is 1.43. The maximum Gasteiger partial charge on any atom is 0.257 e. The number of carbonyl (C=O) groups is 3. The van der Waals surface area contributed by atoms with Crippen LogP contribution in [-0.4, -0.2) is 78.5 Å². The molecule has 0 radical (unpaired) electrons. The lowest BCUT2D eigenvalue weighted by Gasteiger charge is -2.36. The Morgan fingerprint density at radius 2 is 1.85 bits per heavy atom. The number of rotatable bonds is 3. The molecule has 0 unspecified atom stereocenters. The molecule has 1 aliphatic heterocycles. The average Bonchev–Trinajstić information content (AvgIpc) is 2.82. The van der Waals surface area contributed by atoms with Crippen LogP contribution in [0.3, 0.4) is 0 Å². The first-order chi connectivity index (χ1) is 16.2. The van der Waals surface area contributed by atoms with Gasteiger partial charge in [-0.3, -0.25) is 19.4 Å². The van der Waals surface area contributed by atoms with E-state index in [4.69, 9.17) is 9.47 Å². The lowest BCUT2D eigenvalue weighted by molar-refractivity contribution is -0.114. The van der Waals surface area contributed by atoms with Crippen molar-refractivity contribution in [3.05, 3.63) is 53.9 Å². The van der Waals surface area contributed by atoms with E-state index < -0.39 is 0 Å². The molecule has 0 saturated carbocycles. The summed E-state index contributed by atoms with van der Waals surface area (Å²) in [6, 6.07) is 8.01. The molecular weight excluding hydrogens is 436 g/mol. The number of fused-ring (bicyclic) bond motifs is 1. The van der Waals surface area contributed by atoms with Crippen molar-refractivity contribution in [2.45, 2.75) is 32.9 Å². The molecule has 2 heterocycles. The van der Waals surface area contributed by atoms with Crippen LogP contribution in [0.1, 0.15) is 41.5 Å². The Balaban J connectivity index is 2.00. The van der Waals surface area contributed by atoms with Gasteiger partial charge in [-0.15, -0.1) is 0 Å². The van der Waals surface area contributed by atoms with E-state index in [1.807, 2.05) is 13.8 Å². The topological polar surface area (TPSA) is 101 Å². The maximum atomic E-state index is 13.4. The van der Waals surface area contributed by atoms with Crippen LogP contribution < -0.4 is 10.1 Å². The first-order valence-corrected chi connectivity index (χ1v) is 11.2. The fraction of sp³-hybridized carbons (Fsp3) is 0.440. The highest BCUT2D eigenvalue weighted by Crippen LogP contribution is 2.27. The van der Waals surface area contributed by atoms with Crippen LogP contribution in [0, 0.1) is 5.92 Å². The van der Waals surface area contributed by atoms with Gasteiger partial charge in [0.15, 0.2) is 0 Å². The third-order valence-corrected chi connectivity index (χ3v) is 5.96. The Bertz CT molecular complexity index is 1030. The number of amides is 3. The predicted octanol–water partition coefficient (Wildman–Crippen LogP) is 2.69. The minimum Gasteiger partial charge on any atom is -0.491 e. The van der Waals surface area contributed by atoms with Crippen molar-refractivity contribution >= 4 is 23.4 Å². The van der Waals surface area contributed by atoms with E-state index in [2.05, 4.69) is 10.3 Å². The lowest BCUT2D eigenvalue weighted by atomic mass is 10.0. The number of hydrogen-bond acceptors (Lipinski definition) is 6. The summed E-state index contributed by atoms with van der Waals surface area (Å²) < 4.78 is 11.8. The monoisotopic (exact) mass is 468 g/mol. The van der Waals surface area contributed by atoms with E-state index >= 15 is 0 Å². The summed E-state index contributed by atoms with van der Waals surface area (Å²) in [4.78, 5) is 45.5. The number of anilines is 1. The first-order valence-electron chi connectivity index (χ1n) is 11.2. The first kappa shape index (κ1) is 25.2. The fourth-order valence-corrected chi connectivity index (χ4v) is 4.00. The molecule has 0 aliphatic carbocycles. The number of carbonyl (C=O) groups excluding carboxylic acids is 3. The Hall–Kier alpha value is -3.46. The Kier molecular flexibility index (Phi) is 8.22. The summed E-state index contributed by atoms with van der Waals surface area (Å²) in [6.45, 7) is 6.25. The van der Waals surface area contributed by atoms with Gasteiger partial charge in [-0.25, -0.2) is 0 Å². The number of pyridine rings is 1. The molecule has 3 rings (SSSR count). The molecule has 2 aromatic rings. The number of benzene rings is 1. The van der Waals surface area contributed by atoms with Crippen LogP contribution in [0.25, 0.3) is 0 Å². The van der Waals surface area contributed by atoms with Crippen molar-refractivity contribution in [1.82, 2.24) is 14.8 Å². The number of likely N-dealkylation sites (N-methyl/N-ethyl adjacent to an activating group) is 1. The standard InChI is InChI=1S/C25H32N4O5/c1-16-13-29(24(31)19-8-10-26-11-9-19)17(2)15-34-22-12-20(27-18(3)30)6-7-21(22)25(32)28(4)14-23(16)33-5/h6-12,16-17,23H,13-15H2,1-5H3,(H,27,30)/t16-,17+,23+/m0/s1. The van der Waals surface area contributed by atoms with E-state index in [-0.39, 0.29) is 42.4 Å². The van der Waals surface area contributed by atoms with Crippen molar-refractivity contribution in [3.63, 3.8) is 0 Å². The van der Waals surface area contributed by atoms with Crippen molar-refractivity contribution in [2.24, 2.45) is 5.92 Å². The highest BCUT2D eigenvalue weighted by atomic mass is 16.5. The zero-order valence-electron chi connectivity index (χ0n) is 20.3. The average molecular weight is 469 g/mol. The van der Waals surface area contributed by atoms with Crippen LogP contribution in [-0.2, 0) is 9.53 Å². The van der Waals surface area contributed by atoms with Crippen LogP contribution >= 0.6 is 0 Å². The number of hydrogen-bond donors (Lipinski definition) is 1. The van der Waals surface area contributed by atoms with Gasteiger partial charge < -0.3 is 24.6 Å². The van der Waals surface area contributed by atoms with Crippen molar-refractivity contribution < 1.29 is 23.9 Å². The second-order valence-electron chi connectivity index (χ2n) is 8.68. The molecule has 0 bridgehead atoms. The number of ether oxygens (including phenoxy) is 2. The van der Waals surface area contributed by atoms with E-state index in [0.717, 1.165) is 0 Å². The van der Waals surface area contributed by atoms with E-state index in [9.17, 15) is 14.4 Å². The minimum absolute atomic E-state index is 0.0467. The van der Waals surface area contributed by atoms with E-state index in [1.165, 1.54) is 6.92 Å². The van der Waals surface area contributed by atoms with E-state index in [0.29, 0.717) is 35.7 Å². The van der Waals surface area contributed by atoms with Crippen LogP contribution in [0.4, 0.5) is 5.69 Å². The smallest absolute Gasteiger partial charge is 0.257 e. The number of nitrogens with zero attached hydrogens (tertiary/aromatic N) is 3. The molecule has 9 nitrogen and oxygen atoms in total. The normalized spacial score (nSPS) is 21.6. The van der Waals surface area contributed by atoms with Crippen LogP contribution in [0.15, 0.2) is 42.7 Å². The molecule has 1 aliphatic rings. The second-order valence-corrected chi connectivity index (χ2v) is 8.68. The molecule has 0 fully saturated rings. The Morgan fingerprint density at radius 3 is 2.50 bits per heavy atom. The van der Waals surface area contributed by atoms with Gasteiger partial charge in [0.2, 0.25) is 5.91 Å². The van der Waals surface area contributed by atoms with Crippen molar-refractivity contribution in [2.75, 3.05) is 39.2 Å². The molecule has 9 heteroatoms. The number of methoxy groups -OCH3 is 1. The Labute approximate surface area is 200 Å². The van der Waals surface area contributed by atoms with Crippen molar-refractivity contribution in [3.8, 4) is 5.75 Å². The summed E-state index contributed by atoms with van der Waals surface area (Å²) in [6.07, 6.45) is 2.90.